The van der Waals surface area contributed by atoms with Crippen molar-refractivity contribution in [2.45, 2.75) is 70.7 Å². The second-order valence-electron chi connectivity index (χ2n) is 8.87. The number of nitrogens with one attached hydrogen (secondary N) is 1. The van der Waals surface area contributed by atoms with Crippen molar-refractivity contribution in [2.75, 3.05) is 0 Å². The summed E-state index contributed by atoms with van der Waals surface area (Å²) in [4.78, 5) is 12.6. The van der Waals surface area contributed by atoms with Crippen LogP contribution in [-0.4, -0.2) is 29.6 Å². The summed E-state index contributed by atoms with van der Waals surface area (Å²) in [5.41, 5.74) is 1.55. The van der Waals surface area contributed by atoms with Crippen LogP contribution >= 0.6 is 0 Å². The number of rotatable bonds is 5. The molecule has 2 aromatic carbocycles. The summed E-state index contributed by atoms with van der Waals surface area (Å²) >= 11 is 0. The van der Waals surface area contributed by atoms with Gasteiger partial charge >= 0.3 is 6.09 Å². The number of hydrogen-bond donors (Lipinski definition) is 1. The first-order valence-electron chi connectivity index (χ1n) is 10.1. The lowest BCUT2D eigenvalue weighted by atomic mass is 9.94. The fraction of sp³-hybridized carbons (Fsp3) is 0.458. The van der Waals surface area contributed by atoms with Crippen molar-refractivity contribution in [3.8, 4) is 0 Å². The van der Waals surface area contributed by atoms with Crippen LogP contribution in [0.2, 0.25) is 0 Å². The molecule has 29 heavy (non-hydrogen) atoms. The maximum Gasteiger partial charge on any atom is 0.407 e. The van der Waals surface area contributed by atoms with E-state index >= 15 is 0 Å². The van der Waals surface area contributed by atoms with Gasteiger partial charge in [-0.15, -0.1) is 0 Å². The first kappa shape index (κ1) is 21.3. The van der Waals surface area contributed by atoms with Gasteiger partial charge in [-0.05, 0) is 52.2 Å². The Kier molecular flexibility index (Phi) is 6.30. The van der Waals surface area contributed by atoms with E-state index in [1.54, 1.807) is 0 Å². The lowest BCUT2D eigenvalue weighted by Gasteiger charge is -2.29. The van der Waals surface area contributed by atoms with Gasteiger partial charge in [-0.25, -0.2) is 4.79 Å². The average Bonchev–Trinajstić information content (AvgIpc) is 2.97. The smallest absolute Gasteiger partial charge is 0.407 e. The number of amides is 1. The van der Waals surface area contributed by atoms with Crippen LogP contribution in [0.25, 0.3) is 0 Å². The third-order valence-electron chi connectivity index (χ3n) is 4.65. The summed E-state index contributed by atoms with van der Waals surface area (Å²) in [6.07, 6.45) is -0.512. The highest BCUT2D eigenvalue weighted by atomic mass is 16.8. The van der Waals surface area contributed by atoms with Crippen LogP contribution in [0.15, 0.2) is 60.7 Å². The van der Waals surface area contributed by atoms with Gasteiger partial charge in [-0.1, -0.05) is 60.7 Å². The lowest BCUT2D eigenvalue weighted by Crippen LogP contribution is -2.48. The summed E-state index contributed by atoms with van der Waals surface area (Å²) in [5, 5.41) is 3.04. The molecule has 1 heterocycles. The Morgan fingerprint density at radius 2 is 1.62 bits per heavy atom. The van der Waals surface area contributed by atoms with Gasteiger partial charge in [0.2, 0.25) is 0 Å². The summed E-state index contributed by atoms with van der Waals surface area (Å²) < 4.78 is 18.0. The van der Waals surface area contributed by atoms with E-state index in [1.165, 1.54) is 0 Å². The maximum atomic E-state index is 12.6. The first-order chi connectivity index (χ1) is 13.6. The van der Waals surface area contributed by atoms with Gasteiger partial charge in [0, 0.05) is 0 Å². The van der Waals surface area contributed by atoms with E-state index in [0.717, 1.165) is 11.1 Å². The fourth-order valence-corrected chi connectivity index (χ4v) is 3.56. The fourth-order valence-electron chi connectivity index (χ4n) is 3.56. The molecule has 0 aliphatic carbocycles. The van der Waals surface area contributed by atoms with Gasteiger partial charge < -0.3 is 19.5 Å². The van der Waals surface area contributed by atoms with Crippen molar-refractivity contribution in [1.82, 2.24) is 5.32 Å². The number of alkyl carbamates (subject to hydrolysis) is 1. The molecular weight excluding hydrogens is 366 g/mol. The van der Waals surface area contributed by atoms with E-state index in [2.05, 4.69) is 5.32 Å². The summed E-state index contributed by atoms with van der Waals surface area (Å²) in [5.74, 6) is -0.754. The highest BCUT2D eigenvalue weighted by molar-refractivity contribution is 5.68. The Labute approximate surface area is 173 Å². The normalized spacial score (nSPS) is 22.1. The van der Waals surface area contributed by atoms with Crippen LogP contribution in [0, 0.1) is 0 Å². The maximum absolute atomic E-state index is 12.6. The van der Waals surface area contributed by atoms with Crippen LogP contribution in [0.3, 0.4) is 0 Å². The zero-order valence-electron chi connectivity index (χ0n) is 17.8. The van der Waals surface area contributed by atoms with Crippen molar-refractivity contribution >= 4 is 6.09 Å². The zero-order chi connectivity index (χ0) is 21.1. The molecule has 1 aliphatic rings. The molecule has 156 valence electrons. The van der Waals surface area contributed by atoms with Crippen molar-refractivity contribution in [3.05, 3.63) is 71.8 Å². The Hall–Kier alpha value is -2.37. The predicted molar refractivity (Wildman–Crippen MR) is 113 cm³/mol. The highest BCUT2D eigenvalue weighted by Crippen LogP contribution is 2.40. The largest absolute Gasteiger partial charge is 0.444 e. The van der Waals surface area contributed by atoms with Crippen LogP contribution in [0.5, 0.6) is 0 Å². The molecule has 0 saturated carbocycles. The monoisotopic (exact) mass is 397 g/mol. The molecule has 0 spiro atoms. The number of ether oxygens (including phenoxy) is 3. The minimum atomic E-state index is -0.754. The molecule has 2 aromatic rings. The van der Waals surface area contributed by atoms with Crippen LogP contribution in [-0.2, 0) is 20.6 Å². The van der Waals surface area contributed by atoms with Crippen molar-refractivity contribution in [2.24, 2.45) is 0 Å². The minimum Gasteiger partial charge on any atom is -0.444 e. The lowest BCUT2D eigenvalue weighted by molar-refractivity contribution is -0.149. The van der Waals surface area contributed by atoms with Crippen molar-refractivity contribution in [1.29, 1.82) is 0 Å². The Bertz CT molecular complexity index is 799. The standard InChI is InChI=1S/C24H31NO4/c1-23(2,3)29-22(26)25-19(16-17-12-8-6-9-13-17)21-20(27-24(4,5)28-21)18-14-10-7-11-15-18/h6-15,19-21H,16H2,1-5H3,(H,25,26)/t19-,20-,21-/m0/s1. The number of carbonyl (C=O) groups excluding carboxylic acids is 1. The van der Waals surface area contributed by atoms with Gasteiger partial charge in [0.25, 0.3) is 0 Å². The topological polar surface area (TPSA) is 56.8 Å². The third kappa shape index (κ3) is 6.05. The second-order valence-corrected chi connectivity index (χ2v) is 8.87. The molecule has 0 bridgehead atoms. The third-order valence-corrected chi connectivity index (χ3v) is 4.65. The van der Waals surface area contributed by atoms with E-state index in [1.807, 2.05) is 95.3 Å². The van der Waals surface area contributed by atoms with E-state index in [-0.39, 0.29) is 18.2 Å². The van der Waals surface area contributed by atoms with Crippen LogP contribution in [0.4, 0.5) is 4.79 Å². The summed E-state index contributed by atoms with van der Waals surface area (Å²) in [6, 6.07) is 19.7. The molecule has 0 aromatic heterocycles. The Balaban J connectivity index is 1.89. The number of hydrogen-bond acceptors (Lipinski definition) is 4. The molecule has 5 heteroatoms. The molecule has 1 saturated heterocycles. The van der Waals surface area contributed by atoms with Crippen molar-refractivity contribution in [3.63, 3.8) is 0 Å². The minimum absolute atomic E-state index is 0.296. The molecule has 1 aliphatic heterocycles. The van der Waals surface area contributed by atoms with Crippen LogP contribution in [0.1, 0.15) is 51.8 Å². The van der Waals surface area contributed by atoms with Crippen molar-refractivity contribution < 1.29 is 19.0 Å². The van der Waals surface area contributed by atoms with E-state index in [0.29, 0.717) is 6.42 Å². The molecule has 3 rings (SSSR count). The molecule has 1 amide bonds. The van der Waals surface area contributed by atoms with Gasteiger partial charge in [0.15, 0.2) is 5.79 Å². The van der Waals surface area contributed by atoms with Crippen LogP contribution < -0.4 is 5.32 Å². The van der Waals surface area contributed by atoms with E-state index in [4.69, 9.17) is 14.2 Å². The summed E-state index contributed by atoms with van der Waals surface area (Å²) in [7, 11) is 0. The zero-order valence-corrected chi connectivity index (χ0v) is 17.8. The van der Waals surface area contributed by atoms with Gasteiger partial charge in [-0.3, -0.25) is 0 Å². The van der Waals surface area contributed by atoms with Gasteiger partial charge in [0.05, 0.1) is 6.04 Å². The molecule has 1 N–H and O–H groups in total. The average molecular weight is 398 g/mol. The number of carbonyl (C=O) groups is 1. The van der Waals surface area contributed by atoms with E-state index in [9.17, 15) is 4.79 Å². The molecule has 0 unspecified atom stereocenters. The Morgan fingerprint density at radius 3 is 2.21 bits per heavy atom. The quantitative estimate of drug-likeness (QED) is 0.770. The molecule has 5 nitrogen and oxygen atoms in total. The first-order valence-corrected chi connectivity index (χ1v) is 10.1. The van der Waals surface area contributed by atoms with E-state index < -0.39 is 17.5 Å². The SMILES string of the molecule is CC(C)(C)OC(=O)N[C@@H](Cc1ccccc1)[C@@H]1OC(C)(C)O[C@H]1c1ccccc1. The molecule has 0 radical (unpaired) electrons. The number of benzene rings is 2. The predicted octanol–water partition coefficient (Wildman–Crippen LogP) is 5.02. The molecule has 3 atom stereocenters. The van der Waals surface area contributed by atoms with Gasteiger partial charge in [0.1, 0.15) is 17.8 Å². The molecular formula is C24H31NO4. The second kappa shape index (κ2) is 8.56. The summed E-state index contributed by atoms with van der Waals surface area (Å²) in [6.45, 7) is 9.35. The Morgan fingerprint density at radius 1 is 1.03 bits per heavy atom. The van der Waals surface area contributed by atoms with Gasteiger partial charge in [-0.2, -0.15) is 0 Å². The molecule has 1 fully saturated rings. The highest BCUT2D eigenvalue weighted by Gasteiger charge is 2.46.